The number of likely N-dealkylation sites (N-methyl/N-ethyl adjacent to an activating group) is 2. The summed E-state index contributed by atoms with van der Waals surface area (Å²) in [7, 11) is 8.65. The topological polar surface area (TPSA) is 318 Å². The van der Waals surface area contributed by atoms with Crippen LogP contribution in [0.5, 0.6) is 12.0 Å². The zero-order valence-corrected chi connectivity index (χ0v) is 51.6. The second-order valence-corrected chi connectivity index (χ2v) is 19.5. The first-order chi connectivity index (χ1) is 39.1. The first kappa shape index (κ1) is 75.2. The summed E-state index contributed by atoms with van der Waals surface area (Å²) in [5, 5.41) is 10.7. The molecule has 6 N–H and O–H groups in total. The maximum atomic E-state index is 12.4. The van der Waals surface area contributed by atoms with Gasteiger partial charge in [-0.25, -0.2) is 19.4 Å². The van der Waals surface area contributed by atoms with Gasteiger partial charge >= 0.3 is 53.5 Å². The van der Waals surface area contributed by atoms with Crippen molar-refractivity contribution in [2.75, 3.05) is 114 Å². The number of carboxylic acids is 1. The first-order valence-corrected chi connectivity index (χ1v) is 27.1. The first-order valence-electron chi connectivity index (χ1n) is 27.1. The number of nitrogens with two attached hydrogens (primary N) is 2. The molecule has 6 heterocycles. The van der Waals surface area contributed by atoms with Gasteiger partial charge in [0.05, 0.1) is 26.3 Å². The monoisotopic (exact) mass is 1180 g/mol. The van der Waals surface area contributed by atoms with Gasteiger partial charge < -0.3 is 63.7 Å². The number of rotatable bonds is 15. The fourth-order valence-corrected chi connectivity index (χ4v) is 8.08. The average Bonchev–Trinajstić information content (AvgIpc) is 2.07. The maximum Gasteiger partial charge on any atom is 1.00 e. The Kier molecular flexibility index (Phi) is 36.9. The number of carbonyl (C=O) groups is 7. The van der Waals surface area contributed by atoms with Crippen LogP contribution >= 0.6 is 0 Å². The Morgan fingerprint density at radius 1 is 0.655 bits per heavy atom. The molecule has 2 aromatic heterocycles. The van der Waals surface area contributed by atoms with Crippen LogP contribution in [0.15, 0.2) is 48.5 Å². The van der Waals surface area contributed by atoms with Crippen LogP contribution in [0.2, 0.25) is 0 Å². The third-order valence-electron chi connectivity index (χ3n) is 12.1. The van der Waals surface area contributed by atoms with Crippen LogP contribution in [-0.4, -0.2) is 182 Å². The molecule has 0 unspecified atom stereocenters. The van der Waals surface area contributed by atoms with Crippen molar-refractivity contribution in [3.63, 3.8) is 0 Å². The van der Waals surface area contributed by atoms with Gasteiger partial charge in [-0.2, -0.15) is 19.9 Å². The molecule has 2 fully saturated rings. The van der Waals surface area contributed by atoms with E-state index in [1.54, 1.807) is 12.1 Å². The summed E-state index contributed by atoms with van der Waals surface area (Å²) in [5.74, 6) is -0.442. The normalized spacial score (nSPS) is 14.3. The van der Waals surface area contributed by atoms with E-state index in [1.165, 1.54) is 25.6 Å². The number of unbranched alkanes of at least 4 members (excludes halogenated alkanes) is 2. The number of Topliss-reactive ketones (excluding diaryl/α,β-unsaturated/α-hetero) is 2. The summed E-state index contributed by atoms with van der Waals surface area (Å²) in [6, 6.07) is 16.4. The van der Waals surface area contributed by atoms with Crippen molar-refractivity contribution in [1.82, 2.24) is 40.0 Å². The SMILES string of the molecule is C.CC(=O)O.CC(=O)OOC(C)=O.CCCCOc1nc(N)c2c(n1)N(Cc1cccc(C=O)c1)CC(=O)C2.CCCCOc1nc(N)c2c(n1)N(Cc1cccc(CN3CCN(C)CC3)c1)CC(=O)C2.CN1CCNCC1.[B-]OC(C)=O.[Na+]. The molecule has 8 rings (SSSR count). The van der Waals surface area contributed by atoms with Crippen molar-refractivity contribution >= 4 is 73.1 Å². The van der Waals surface area contributed by atoms with Gasteiger partial charge in [-0.15, -0.1) is 0 Å². The van der Waals surface area contributed by atoms with Crippen LogP contribution in [0.25, 0.3) is 0 Å². The van der Waals surface area contributed by atoms with E-state index in [0.717, 1.165) is 110 Å². The predicted octanol–water partition coefficient (Wildman–Crippen LogP) is 1.21. The molecule has 455 valence electrons. The average molecular weight is 1180 g/mol. The van der Waals surface area contributed by atoms with Crippen LogP contribution in [-0.2, 0) is 75.7 Å². The number of carbonyl (C=O) groups excluding carboxylic acids is 6. The molecule has 0 amide bonds. The molecule has 84 heavy (non-hydrogen) atoms. The minimum absolute atomic E-state index is 0. The van der Waals surface area contributed by atoms with Gasteiger partial charge in [0.2, 0.25) is 5.97 Å². The van der Waals surface area contributed by atoms with E-state index in [-0.39, 0.29) is 85.8 Å². The van der Waals surface area contributed by atoms with Gasteiger partial charge in [0, 0.05) is 129 Å². The molecule has 27 heteroatoms. The minimum atomic E-state index is -0.833. The number of nitrogen functional groups attached to an aromatic ring is 2. The molecule has 3 radical (unpaired) electrons. The van der Waals surface area contributed by atoms with Crippen molar-refractivity contribution < 1.29 is 92.1 Å². The molecule has 0 spiro atoms. The molecular formula is C57H85BN12NaO13. The molecule has 4 aliphatic rings. The Morgan fingerprint density at radius 2 is 1.06 bits per heavy atom. The van der Waals surface area contributed by atoms with Crippen LogP contribution in [0.4, 0.5) is 23.3 Å². The van der Waals surface area contributed by atoms with Crippen molar-refractivity contribution in [3.8, 4) is 12.0 Å². The van der Waals surface area contributed by atoms with E-state index in [2.05, 4.69) is 115 Å². The largest absolute Gasteiger partial charge is 1.00 e. The number of nitrogens with one attached hydrogen (secondary N) is 1. The van der Waals surface area contributed by atoms with Gasteiger partial charge in [0.25, 0.3) is 5.97 Å². The summed E-state index contributed by atoms with van der Waals surface area (Å²) in [4.78, 5) is 110. The number of benzene rings is 2. The van der Waals surface area contributed by atoms with Crippen molar-refractivity contribution in [1.29, 1.82) is 0 Å². The van der Waals surface area contributed by atoms with Crippen molar-refractivity contribution in [2.24, 2.45) is 0 Å². The van der Waals surface area contributed by atoms with E-state index in [4.69, 9.17) is 30.8 Å². The van der Waals surface area contributed by atoms with E-state index in [9.17, 15) is 28.8 Å². The Labute approximate surface area is 517 Å². The van der Waals surface area contributed by atoms with E-state index >= 15 is 0 Å². The number of aliphatic carboxylic acids is 1. The molecule has 0 bridgehead atoms. The Morgan fingerprint density at radius 3 is 1.44 bits per heavy atom. The predicted molar refractivity (Wildman–Crippen MR) is 316 cm³/mol. The molecule has 4 aromatic rings. The van der Waals surface area contributed by atoms with E-state index in [0.29, 0.717) is 67.0 Å². The number of fused-ring (bicyclic) bond motifs is 2. The molecule has 2 saturated heterocycles. The second kappa shape index (κ2) is 41.3. The van der Waals surface area contributed by atoms with Crippen LogP contribution in [0, 0.1) is 0 Å². The smallest absolute Gasteiger partial charge is 0.793 e. The second-order valence-electron chi connectivity index (χ2n) is 19.5. The van der Waals surface area contributed by atoms with Gasteiger partial charge in [0.1, 0.15) is 29.6 Å². The number of aromatic nitrogens is 4. The minimum Gasteiger partial charge on any atom is -0.793 e. The molecule has 0 aliphatic carbocycles. The molecule has 25 nitrogen and oxygen atoms in total. The van der Waals surface area contributed by atoms with Crippen LogP contribution < -0.4 is 65.6 Å². The van der Waals surface area contributed by atoms with Gasteiger partial charge in [0.15, 0.2) is 11.6 Å². The Bertz CT molecular complexity index is 2680. The van der Waals surface area contributed by atoms with Gasteiger partial charge in [-0.1, -0.05) is 76.6 Å². The number of ketones is 2. The Hall–Kier alpha value is -6.81. The fourth-order valence-electron chi connectivity index (χ4n) is 8.08. The summed E-state index contributed by atoms with van der Waals surface area (Å²) < 4.78 is 14.9. The quantitative estimate of drug-likeness (QED) is 0.0427. The van der Waals surface area contributed by atoms with Crippen molar-refractivity contribution in [2.45, 2.75) is 107 Å². The molecular weight excluding hydrogens is 1090 g/mol. The Balaban J connectivity index is 0.000000599. The number of hydrogen-bond donors (Lipinski definition) is 4. The van der Waals surface area contributed by atoms with Crippen LogP contribution in [0.3, 0.4) is 0 Å². The van der Waals surface area contributed by atoms with Crippen molar-refractivity contribution in [3.05, 3.63) is 81.9 Å². The maximum absolute atomic E-state index is 12.4. The van der Waals surface area contributed by atoms with E-state index in [1.807, 2.05) is 21.9 Å². The van der Waals surface area contributed by atoms with E-state index < -0.39 is 23.9 Å². The van der Waals surface area contributed by atoms with Gasteiger partial charge in [-0.3, -0.25) is 28.9 Å². The number of nitrogens with zero attached hydrogens (tertiary/aromatic N) is 9. The number of piperazine rings is 2. The van der Waals surface area contributed by atoms with Crippen LogP contribution in [0.1, 0.15) is 113 Å². The molecule has 0 saturated carbocycles. The molecule has 4 aliphatic heterocycles. The number of anilines is 4. The number of carboxylic acid groups (broad SMARTS) is 1. The summed E-state index contributed by atoms with van der Waals surface area (Å²) in [5.41, 5.74) is 17.5. The number of hydrogen-bond acceptors (Lipinski definition) is 24. The fraction of sp³-hybridized carbons (Fsp3) is 0.526. The third-order valence-corrected chi connectivity index (χ3v) is 12.1. The number of ether oxygens (including phenoxy) is 2. The standard InChI is InChI=1S/C24H34N6O2.C19H22N4O3.C5H12N2.C4H6O4.C2H3BO2.C2H4O2.CH4.Na/c1-3-4-12-32-24-26-22(25)21-14-20(31)17-30(23(21)27-24)16-19-7-5-6-18(13-19)15-29-10-8-28(2)9-11-29;1-2-3-7-26-19-21-17(20)16-9-15(25)11-23(18(16)22-19)10-13-5-4-6-14(8-13)12-24;1-7-4-2-6-3-5-7;1-3(5)7-8-4(2)6;1-2(4)5-3;1-2(3)4;;/h5-7,13H,3-4,8-12,14-17H2,1-2H3,(H2,25,26,27);4-6,8,12H,2-3,7,9-11H2,1H3,(H2,20,21,22);6H,2-5H2,1H3;1-2H3;1H3;1H3,(H,3,4);1H4;/q;;;;-1;;;+1. The summed E-state index contributed by atoms with van der Waals surface area (Å²) >= 11 is 0. The number of aldehydes is 1. The third kappa shape index (κ3) is 29.6. The summed E-state index contributed by atoms with van der Waals surface area (Å²) in [6.07, 6.45) is 5.18. The zero-order chi connectivity index (χ0) is 60.6. The molecule has 2 aromatic carbocycles. The zero-order valence-electron chi connectivity index (χ0n) is 49.6. The summed E-state index contributed by atoms with van der Waals surface area (Å²) in [6.45, 7) is 21.6. The molecule has 0 atom stereocenters. The van der Waals surface area contributed by atoms with Gasteiger partial charge in [-0.05, 0) is 49.7 Å².